The number of urea groups is 1. The third-order valence-electron chi connectivity index (χ3n) is 6.73. The predicted octanol–water partition coefficient (Wildman–Crippen LogP) is 2.35. The average molecular weight is 415 g/mol. The molecule has 4 rings (SSSR count). The van der Waals surface area contributed by atoms with Gasteiger partial charge in [0.25, 0.3) is 5.91 Å². The maximum absolute atomic E-state index is 13.2. The molecule has 1 spiro atoms. The van der Waals surface area contributed by atoms with Crippen LogP contribution in [-0.2, 0) is 14.3 Å². The molecule has 2 aliphatic heterocycles. The number of rotatable bonds is 4. The number of morpholine rings is 1. The molecule has 8 heteroatoms. The summed E-state index contributed by atoms with van der Waals surface area (Å²) in [4.78, 5) is 41.9. The third kappa shape index (κ3) is 3.64. The van der Waals surface area contributed by atoms with Crippen molar-refractivity contribution >= 4 is 29.2 Å². The summed E-state index contributed by atoms with van der Waals surface area (Å²) in [6.45, 7) is 6.71. The number of ether oxygens (including phenoxy) is 1. The zero-order valence-electron chi connectivity index (χ0n) is 17.6. The van der Waals surface area contributed by atoms with Gasteiger partial charge in [-0.15, -0.1) is 0 Å². The summed E-state index contributed by atoms with van der Waals surface area (Å²) < 4.78 is 5.37. The van der Waals surface area contributed by atoms with Gasteiger partial charge in [0.05, 0.1) is 13.2 Å². The molecule has 2 N–H and O–H groups in total. The highest BCUT2D eigenvalue weighted by molar-refractivity contribution is 6.11. The van der Waals surface area contributed by atoms with Crippen LogP contribution in [0.4, 0.5) is 16.2 Å². The van der Waals surface area contributed by atoms with Crippen molar-refractivity contribution in [2.24, 2.45) is 5.92 Å². The normalized spacial score (nSPS) is 27.9. The minimum Gasteiger partial charge on any atom is -0.378 e. The molecule has 0 radical (unpaired) electrons. The van der Waals surface area contributed by atoms with E-state index in [0.717, 1.165) is 42.9 Å². The van der Waals surface area contributed by atoms with Gasteiger partial charge >= 0.3 is 6.03 Å². The van der Waals surface area contributed by atoms with Gasteiger partial charge in [-0.3, -0.25) is 9.59 Å². The van der Waals surface area contributed by atoms with Crippen molar-refractivity contribution in [3.8, 4) is 0 Å². The molecular weight excluding hydrogens is 384 g/mol. The summed E-state index contributed by atoms with van der Waals surface area (Å²) in [6, 6.07) is 6.23. The Hall–Kier alpha value is -2.61. The van der Waals surface area contributed by atoms with Crippen molar-refractivity contribution < 1.29 is 19.1 Å². The number of imide groups is 1. The molecule has 0 bridgehead atoms. The number of benzene rings is 1. The fourth-order valence-electron chi connectivity index (χ4n) is 4.76. The van der Waals surface area contributed by atoms with Gasteiger partial charge in [0.1, 0.15) is 11.6 Å². The summed E-state index contributed by atoms with van der Waals surface area (Å²) in [6.07, 6.45) is 3.49. The van der Waals surface area contributed by atoms with Crippen LogP contribution in [0.1, 0.15) is 39.5 Å². The van der Waals surface area contributed by atoms with E-state index in [1.54, 1.807) is 6.92 Å². The van der Waals surface area contributed by atoms with Crippen LogP contribution in [0.3, 0.4) is 0 Å². The molecule has 162 valence electrons. The van der Waals surface area contributed by atoms with Crippen LogP contribution in [-0.4, -0.2) is 60.6 Å². The smallest absolute Gasteiger partial charge is 0.325 e. The highest BCUT2D eigenvalue weighted by atomic mass is 16.5. The lowest BCUT2D eigenvalue weighted by Gasteiger charge is -2.37. The van der Waals surface area contributed by atoms with Gasteiger partial charge in [-0.1, -0.05) is 19.8 Å². The van der Waals surface area contributed by atoms with E-state index in [2.05, 4.69) is 15.5 Å². The third-order valence-corrected chi connectivity index (χ3v) is 6.73. The molecular formula is C22H30N4O4. The fourth-order valence-corrected chi connectivity index (χ4v) is 4.76. The van der Waals surface area contributed by atoms with Crippen molar-refractivity contribution in [2.75, 3.05) is 36.5 Å². The highest BCUT2D eigenvalue weighted by Crippen LogP contribution is 2.38. The minimum absolute atomic E-state index is 0.0655. The standard InChI is InChI=1S/C22H30N4O4/c1-15-5-3-4-10-22(15)20(28)26(21(29)24-22)16(2)19(27)23-17-6-8-18(9-7-17)25-11-13-30-14-12-25/h6-9,15-16H,3-5,10-14H2,1-2H3,(H,23,27)(H,24,29). The second-order valence-electron chi connectivity index (χ2n) is 8.54. The monoisotopic (exact) mass is 414 g/mol. The van der Waals surface area contributed by atoms with Crippen molar-refractivity contribution in [3.63, 3.8) is 0 Å². The molecule has 2 saturated heterocycles. The number of anilines is 2. The van der Waals surface area contributed by atoms with Crippen LogP contribution in [0, 0.1) is 5.92 Å². The van der Waals surface area contributed by atoms with Crippen molar-refractivity contribution in [3.05, 3.63) is 24.3 Å². The van der Waals surface area contributed by atoms with Crippen LogP contribution in [0.25, 0.3) is 0 Å². The van der Waals surface area contributed by atoms with Gasteiger partial charge in [-0.2, -0.15) is 0 Å². The van der Waals surface area contributed by atoms with Gasteiger partial charge < -0.3 is 20.3 Å². The zero-order chi connectivity index (χ0) is 21.3. The summed E-state index contributed by atoms with van der Waals surface area (Å²) in [5, 5.41) is 5.74. The van der Waals surface area contributed by atoms with Crippen molar-refractivity contribution in [2.45, 2.75) is 51.1 Å². The maximum Gasteiger partial charge on any atom is 0.325 e. The molecule has 3 unspecified atom stereocenters. The van der Waals surface area contributed by atoms with Gasteiger partial charge in [-0.25, -0.2) is 9.69 Å². The first-order valence-electron chi connectivity index (χ1n) is 10.8. The molecule has 1 saturated carbocycles. The molecule has 1 aliphatic carbocycles. The molecule has 1 aromatic rings. The van der Waals surface area contributed by atoms with E-state index in [1.807, 2.05) is 31.2 Å². The average Bonchev–Trinajstić information content (AvgIpc) is 3.01. The lowest BCUT2D eigenvalue weighted by molar-refractivity contribution is -0.138. The summed E-state index contributed by atoms with van der Waals surface area (Å²) in [5.41, 5.74) is 0.854. The van der Waals surface area contributed by atoms with E-state index >= 15 is 0 Å². The van der Waals surface area contributed by atoms with E-state index in [-0.39, 0.29) is 17.7 Å². The van der Waals surface area contributed by atoms with E-state index in [1.165, 1.54) is 0 Å². The number of amides is 4. The maximum atomic E-state index is 13.2. The van der Waals surface area contributed by atoms with Crippen LogP contribution in [0.2, 0.25) is 0 Å². The Labute approximate surface area is 176 Å². The second kappa shape index (κ2) is 8.26. The highest BCUT2D eigenvalue weighted by Gasteiger charge is 2.56. The Morgan fingerprint density at radius 2 is 1.90 bits per heavy atom. The first-order valence-corrected chi connectivity index (χ1v) is 10.8. The number of carbonyl (C=O) groups is 3. The predicted molar refractivity (Wildman–Crippen MR) is 113 cm³/mol. The molecule has 30 heavy (non-hydrogen) atoms. The molecule has 3 aliphatic rings. The van der Waals surface area contributed by atoms with Crippen LogP contribution >= 0.6 is 0 Å². The number of hydrogen-bond donors (Lipinski definition) is 2. The van der Waals surface area contributed by atoms with E-state index in [9.17, 15) is 14.4 Å². The zero-order valence-corrected chi connectivity index (χ0v) is 17.6. The summed E-state index contributed by atoms with van der Waals surface area (Å²) in [5.74, 6) is -0.584. The Bertz CT molecular complexity index is 821. The van der Waals surface area contributed by atoms with Crippen LogP contribution < -0.4 is 15.5 Å². The number of nitrogens with one attached hydrogen (secondary N) is 2. The van der Waals surface area contributed by atoms with Gasteiger partial charge in [0, 0.05) is 24.5 Å². The van der Waals surface area contributed by atoms with Gasteiger partial charge in [0.2, 0.25) is 5.91 Å². The van der Waals surface area contributed by atoms with E-state index in [0.29, 0.717) is 25.3 Å². The SMILES string of the molecule is CC(C(=O)Nc1ccc(N2CCOCC2)cc1)N1C(=O)NC2(CCCCC2C)C1=O. The molecule has 3 fully saturated rings. The van der Waals surface area contributed by atoms with E-state index < -0.39 is 17.6 Å². The Morgan fingerprint density at radius 1 is 1.20 bits per heavy atom. The van der Waals surface area contributed by atoms with Crippen molar-refractivity contribution in [1.82, 2.24) is 10.2 Å². The van der Waals surface area contributed by atoms with Crippen LogP contribution in [0.5, 0.6) is 0 Å². The lowest BCUT2D eigenvalue weighted by Crippen LogP contribution is -2.54. The molecule has 1 aromatic carbocycles. The summed E-state index contributed by atoms with van der Waals surface area (Å²) >= 11 is 0. The Balaban J connectivity index is 1.42. The first kappa shape index (κ1) is 20.7. The Morgan fingerprint density at radius 3 is 2.57 bits per heavy atom. The molecule has 2 heterocycles. The number of hydrogen-bond acceptors (Lipinski definition) is 5. The molecule has 0 aromatic heterocycles. The Kier molecular flexibility index (Phi) is 5.69. The summed E-state index contributed by atoms with van der Waals surface area (Å²) in [7, 11) is 0. The second-order valence-corrected chi connectivity index (χ2v) is 8.54. The lowest BCUT2D eigenvalue weighted by atomic mass is 9.73. The number of carbonyl (C=O) groups excluding carboxylic acids is 3. The topological polar surface area (TPSA) is 91.0 Å². The van der Waals surface area contributed by atoms with Gasteiger partial charge in [0.15, 0.2) is 0 Å². The molecule has 3 atom stereocenters. The molecule has 4 amide bonds. The van der Waals surface area contributed by atoms with Gasteiger partial charge in [-0.05, 0) is 49.9 Å². The van der Waals surface area contributed by atoms with E-state index in [4.69, 9.17) is 4.74 Å². The minimum atomic E-state index is -0.884. The largest absolute Gasteiger partial charge is 0.378 e. The quantitative estimate of drug-likeness (QED) is 0.738. The fraction of sp³-hybridized carbons (Fsp3) is 0.591. The molecule has 8 nitrogen and oxygen atoms in total. The number of nitrogens with zero attached hydrogens (tertiary/aromatic N) is 2. The van der Waals surface area contributed by atoms with Crippen LogP contribution in [0.15, 0.2) is 24.3 Å². The first-order chi connectivity index (χ1) is 14.4. The van der Waals surface area contributed by atoms with Crippen molar-refractivity contribution in [1.29, 1.82) is 0 Å².